The van der Waals surface area contributed by atoms with Crippen LogP contribution in [0.3, 0.4) is 0 Å². The van der Waals surface area contributed by atoms with Crippen LogP contribution in [0.5, 0.6) is 0 Å². The molecule has 0 saturated heterocycles. The first-order chi connectivity index (χ1) is 13.7. The van der Waals surface area contributed by atoms with E-state index in [-0.39, 0.29) is 12.1 Å². The number of methoxy groups -OCH3 is 1. The minimum Gasteiger partial charge on any atom is -0.465 e. The van der Waals surface area contributed by atoms with Crippen LogP contribution in [0, 0.1) is 0 Å². The predicted octanol–water partition coefficient (Wildman–Crippen LogP) is 3.38. The average Bonchev–Trinajstić information content (AvgIpc) is 3.22. The van der Waals surface area contributed by atoms with Gasteiger partial charge in [-0.15, -0.1) is 0 Å². The number of ether oxygens (including phenoxy) is 1. The summed E-state index contributed by atoms with van der Waals surface area (Å²) >= 11 is 0. The summed E-state index contributed by atoms with van der Waals surface area (Å²) in [7, 11) is 1.32. The fourth-order valence-corrected chi connectivity index (χ4v) is 3.54. The Kier molecular flexibility index (Phi) is 4.80. The van der Waals surface area contributed by atoms with Gasteiger partial charge in [-0.2, -0.15) is 0 Å². The van der Waals surface area contributed by atoms with Gasteiger partial charge >= 0.3 is 12.0 Å². The van der Waals surface area contributed by atoms with Gasteiger partial charge in [-0.25, -0.2) is 14.6 Å². The van der Waals surface area contributed by atoms with Crippen LogP contribution in [0.1, 0.15) is 33.4 Å². The summed E-state index contributed by atoms with van der Waals surface area (Å²) in [5.41, 5.74) is 3.58. The SMILES string of the molecule is COC(=O)c1ccccc1NC(=O)N1CCc2[nH]cnc2[C@H]1c1ccccc1. The van der Waals surface area contributed by atoms with Gasteiger partial charge in [0.2, 0.25) is 0 Å². The number of carbonyl (C=O) groups excluding carboxylic acids is 2. The second kappa shape index (κ2) is 7.56. The molecule has 2 N–H and O–H groups in total. The van der Waals surface area contributed by atoms with E-state index in [1.165, 1.54) is 7.11 Å². The molecule has 28 heavy (non-hydrogen) atoms. The lowest BCUT2D eigenvalue weighted by Crippen LogP contribution is -2.43. The lowest BCUT2D eigenvalue weighted by Gasteiger charge is -2.35. The molecule has 3 aromatic rings. The van der Waals surface area contributed by atoms with E-state index in [1.54, 1.807) is 35.5 Å². The van der Waals surface area contributed by atoms with Gasteiger partial charge in [0.1, 0.15) is 6.04 Å². The van der Waals surface area contributed by atoms with E-state index in [0.29, 0.717) is 24.2 Å². The van der Waals surface area contributed by atoms with E-state index in [9.17, 15) is 9.59 Å². The smallest absolute Gasteiger partial charge is 0.339 e. The molecule has 1 atom stereocenters. The fourth-order valence-electron chi connectivity index (χ4n) is 3.54. The second-order valence-electron chi connectivity index (χ2n) is 6.49. The summed E-state index contributed by atoms with van der Waals surface area (Å²) in [5, 5.41) is 2.87. The number of anilines is 1. The molecule has 0 bridgehead atoms. The molecule has 0 radical (unpaired) electrons. The Hall–Kier alpha value is -3.61. The molecule has 142 valence electrons. The maximum absolute atomic E-state index is 13.2. The van der Waals surface area contributed by atoms with Gasteiger partial charge in [0.05, 0.1) is 30.4 Å². The number of fused-ring (bicyclic) bond motifs is 1. The zero-order valence-electron chi connectivity index (χ0n) is 15.4. The number of benzene rings is 2. The van der Waals surface area contributed by atoms with Crippen LogP contribution >= 0.6 is 0 Å². The van der Waals surface area contributed by atoms with Crippen LogP contribution in [-0.4, -0.2) is 40.5 Å². The highest BCUT2D eigenvalue weighted by atomic mass is 16.5. The van der Waals surface area contributed by atoms with E-state index in [0.717, 1.165) is 17.0 Å². The summed E-state index contributed by atoms with van der Waals surface area (Å²) in [6, 6.07) is 16.0. The van der Waals surface area contributed by atoms with Gasteiger partial charge in [-0.3, -0.25) is 0 Å². The number of urea groups is 1. The molecule has 1 aliphatic heterocycles. The highest BCUT2D eigenvalue weighted by Gasteiger charge is 2.34. The molecule has 7 heteroatoms. The van der Waals surface area contributed by atoms with Gasteiger partial charge < -0.3 is 19.9 Å². The molecule has 0 spiro atoms. The number of aromatic amines is 1. The zero-order valence-corrected chi connectivity index (χ0v) is 15.4. The van der Waals surface area contributed by atoms with Crippen molar-refractivity contribution in [3.63, 3.8) is 0 Å². The fraction of sp³-hybridized carbons (Fsp3) is 0.190. The van der Waals surface area contributed by atoms with E-state index >= 15 is 0 Å². The quantitative estimate of drug-likeness (QED) is 0.686. The Balaban J connectivity index is 1.67. The lowest BCUT2D eigenvalue weighted by atomic mass is 9.96. The molecule has 4 rings (SSSR count). The normalized spacial score (nSPS) is 15.6. The van der Waals surface area contributed by atoms with Gasteiger partial charge in [0, 0.05) is 18.7 Å². The van der Waals surface area contributed by atoms with E-state index < -0.39 is 5.97 Å². The number of hydrogen-bond acceptors (Lipinski definition) is 4. The first-order valence-corrected chi connectivity index (χ1v) is 9.01. The van der Waals surface area contributed by atoms with Crippen molar-refractivity contribution >= 4 is 17.7 Å². The first-order valence-electron chi connectivity index (χ1n) is 9.01. The van der Waals surface area contributed by atoms with Crippen molar-refractivity contribution in [2.75, 3.05) is 19.0 Å². The summed E-state index contributed by atoms with van der Waals surface area (Å²) in [6.07, 6.45) is 2.35. The highest BCUT2D eigenvalue weighted by Crippen LogP contribution is 2.33. The molecule has 2 aromatic carbocycles. The van der Waals surface area contributed by atoms with Crippen molar-refractivity contribution < 1.29 is 14.3 Å². The number of nitrogens with one attached hydrogen (secondary N) is 2. The molecule has 0 saturated carbocycles. The molecular weight excluding hydrogens is 356 g/mol. The molecule has 0 fully saturated rings. The number of imidazole rings is 1. The second-order valence-corrected chi connectivity index (χ2v) is 6.49. The molecule has 2 heterocycles. The molecule has 7 nitrogen and oxygen atoms in total. The van der Waals surface area contributed by atoms with Crippen molar-refractivity contribution in [2.45, 2.75) is 12.5 Å². The number of aromatic nitrogens is 2. The lowest BCUT2D eigenvalue weighted by molar-refractivity contribution is 0.0602. The first kappa shape index (κ1) is 17.8. The van der Waals surface area contributed by atoms with Crippen molar-refractivity contribution in [2.24, 2.45) is 0 Å². The monoisotopic (exact) mass is 376 g/mol. The van der Waals surface area contributed by atoms with Crippen LogP contribution in [-0.2, 0) is 11.2 Å². The third kappa shape index (κ3) is 3.22. The van der Waals surface area contributed by atoms with Crippen molar-refractivity contribution in [1.29, 1.82) is 0 Å². The minimum absolute atomic E-state index is 0.293. The van der Waals surface area contributed by atoms with Crippen LogP contribution in [0.2, 0.25) is 0 Å². The molecule has 0 aliphatic carbocycles. The summed E-state index contributed by atoms with van der Waals surface area (Å²) in [4.78, 5) is 34.5. The van der Waals surface area contributed by atoms with Crippen LogP contribution in [0.25, 0.3) is 0 Å². The number of hydrogen-bond donors (Lipinski definition) is 2. The predicted molar refractivity (Wildman–Crippen MR) is 104 cm³/mol. The number of esters is 1. The number of amides is 2. The average molecular weight is 376 g/mol. The minimum atomic E-state index is -0.497. The standard InChI is InChI=1S/C21H20N4O3/c1-28-20(26)15-9-5-6-10-16(15)24-21(27)25-12-11-17-18(23-13-22-17)19(25)14-7-3-2-4-8-14/h2-10,13,19H,11-12H2,1H3,(H,22,23)(H,24,27)/t19-/m1/s1. The zero-order chi connectivity index (χ0) is 19.5. The molecule has 1 aromatic heterocycles. The molecule has 0 unspecified atom stereocenters. The van der Waals surface area contributed by atoms with Crippen LogP contribution in [0.15, 0.2) is 60.9 Å². The molecule has 2 amide bonds. The summed E-state index contributed by atoms with van der Waals surface area (Å²) < 4.78 is 4.81. The Labute approximate surface area is 162 Å². The number of para-hydroxylation sites is 1. The topological polar surface area (TPSA) is 87.3 Å². The maximum atomic E-state index is 13.2. The van der Waals surface area contributed by atoms with Gasteiger partial charge in [-0.05, 0) is 17.7 Å². The van der Waals surface area contributed by atoms with E-state index in [1.807, 2.05) is 30.3 Å². The Morgan fingerprint density at radius 3 is 2.68 bits per heavy atom. The summed E-state index contributed by atoms with van der Waals surface area (Å²) in [5.74, 6) is -0.497. The Bertz CT molecular complexity index is 1000. The van der Waals surface area contributed by atoms with Crippen LogP contribution in [0.4, 0.5) is 10.5 Å². The van der Waals surface area contributed by atoms with Gasteiger partial charge in [0.15, 0.2) is 0 Å². The Morgan fingerprint density at radius 1 is 1.14 bits per heavy atom. The number of nitrogens with zero attached hydrogens (tertiary/aromatic N) is 2. The van der Waals surface area contributed by atoms with Crippen LogP contribution < -0.4 is 5.32 Å². The highest BCUT2D eigenvalue weighted by molar-refractivity contribution is 6.01. The molecular formula is C21H20N4O3. The maximum Gasteiger partial charge on any atom is 0.339 e. The molecule has 1 aliphatic rings. The van der Waals surface area contributed by atoms with Crippen molar-refractivity contribution in [3.8, 4) is 0 Å². The third-order valence-corrected chi connectivity index (χ3v) is 4.88. The van der Waals surface area contributed by atoms with Crippen molar-refractivity contribution in [3.05, 3.63) is 83.4 Å². The number of carbonyl (C=O) groups is 2. The van der Waals surface area contributed by atoms with Crippen molar-refractivity contribution in [1.82, 2.24) is 14.9 Å². The van der Waals surface area contributed by atoms with Gasteiger partial charge in [0.25, 0.3) is 0 Å². The van der Waals surface area contributed by atoms with E-state index in [4.69, 9.17) is 4.74 Å². The Morgan fingerprint density at radius 2 is 1.89 bits per heavy atom. The third-order valence-electron chi connectivity index (χ3n) is 4.88. The number of rotatable bonds is 3. The number of H-pyrrole nitrogens is 1. The largest absolute Gasteiger partial charge is 0.465 e. The van der Waals surface area contributed by atoms with E-state index in [2.05, 4.69) is 15.3 Å². The van der Waals surface area contributed by atoms with Gasteiger partial charge in [-0.1, -0.05) is 42.5 Å². The summed E-state index contributed by atoms with van der Waals surface area (Å²) in [6.45, 7) is 0.529.